The van der Waals surface area contributed by atoms with Crippen LogP contribution in [0.5, 0.6) is 17.2 Å². The summed E-state index contributed by atoms with van der Waals surface area (Å²) in [6.07, 6.45) is 3.48. The normalized spacial score (nSPS) is 12.6. The molecule has 0 aliphatic rings. The number of methoxy groups -OCH3 is 2. The third kappa shape index (κ3) is 7.11. The van der Waals surface area contributed by atoms with Crippen molar-refractivity contribution < 1.29 is 28.9 Å². The first kappa shape index (κ1) is 27.3. The minimum absolute atomic E-state index is 0.159. The number of aliphatic hydroxyl groups is 1. The number of nitrogen functional groups attached to an aromatic ring is 1. The maximum absolute atomic E-state index is 13.1. The van der Waals surface area contributed by atoms with Crippen LogP contribution in [0, 0.1) is 0 Å². The zero-order valence-electron chi connectivity index (χ0n) is 21.4. The van der Waals surface area contributed by atoms with Crippen molar-refractivity contribution in [2.75, 3.05) is 25.3 Å². The van der Waals surface area contributed by atoms with E-state index in [1.54, 1.807) is 67.6 Å². The van der Waals surface area contributed by atoms with Crippen LogP contribution in [-0.2, 0) is 11.2 Å². The number of esters is 1. The Morgan fingerprint density at radius 2 is 1.73 bits per heavy atom. The molecule has 8 nitrogen and oxygen atoms in total. The second kappa shape index (κ2) is 12.1. The van der Waals surface area contributed by atoms with Gasteiger partial charge >= 0.3 is 5.97 Å². The largest absolute Gasteiger partial charge is 0.497 e. The minimum atomic E-state index is -1.08. The van der Waals surface area contributed by atoms with Crippen LogP contribution < -0.4 is 25.3 Å². The summed E-state index contributed by atoms with van der Waals surface area (Å²) in [4.78, 5) is 25.7. The van der Waals surface area contributed by atoms with E-state index in [4.69, 9.17) is 19.9 Å². The molecule has 194 valence electrons. The molecule has 0 radical (unpaired) electrons. The molecule has 4 N–H and O–H groups in total. The maximum atomic E-state index is 13.1. The highest BCUT2D eigenvalue weighted by molar-refractivity contribution is 6.04. The Morgan fingerprint density at radius 1 is 1.03 bits per heavy atom. The van der Waals surface area contributed by atoms with Gasteiger partial charge in [0, 0.05) is 23.6 Å². The topological polar surface area (TPSA) is 120 Å². The lowest BCUT2D eigenvalue weighted by molar-refractivity contribution is -0.111. The summed E-state index contributed by atoms with van der Waals surface area (Å²) in [6, 6.07) is 16.8. The van der Waals surface area contributed by atoms with E-state index in [1.807, 2.05) is 6.92 Å². The van der Waals surface area contributed by atoms with Gasteiger partial charge in [0.15, 0.2) is 0 Å². The van der Waals surface area contributed by atoms with Crippen molar-refractivity contribution in [1.29, 1.82) is 0 Å². The van der Waals surface area contributed by atoms with Gasteiger partial charge in [0.25, 0.3) is 0 Å². The van der Waals surface area contributed by atoms with Crippen LogP contribution in [0.4, 0.5) is 11.4 Å². The van der Waals surface area contributed by atoms with Gasteiger partial charge in [-0.05, 0) is 68.0 Å². The summed E-state index contributed by atoms with van der Waals surface area (Å²) in [5.41, 5.74) is 7.02. The molecule has 0 bridgehead atoms. The fourth-order valence-electron chi connectivity index (χ4n) is 3.57. The highest BCUT2D eigenvalue weighted by atomic mass is 16.5. The van der Waals surface area contributed by atoms with Crippen LogP contribution in [0.3, 0.4) is 0 Å². The molecule has 3 aromatic rings. The first-order chi connectivity index (χ1) is 17.7. The number of rotatable bonds is 10. The maximum Gasteiger partial charge on any atom is 0.343 e. The number of carbonyl (C=O) groups is 2. The third-order valence-electron chi connectivity index (χ3n) is 5.94. The molecule has 37 heavy (non-hydrogen) atoms. The van der Waals surface area contributed by atoms with E-state index in [1.165, 1.54) is 26.4 Å². The molecule has 1 amide bonds. The van der Waals surface area contributed by atoms with E-state index in [0.717, 1.165) is 0 Å². The molecule has 0 aliphatic heterocycles. The van der Waals surface area contributed by atoms with Gasteiger partial charge < -0.3 is 30.4 Å². The third-order valence-corrected chi connectivity index (χ3v) is 5.94. The molecule has 0 fully saturated rings. The van der Waals surface area contributed by atoms with Crippen molar-refractivity contribution in [2.24, 2.45) is 0 Å². The number of benzene rings is 3. The molecular weight excluding hydrogens is 472 g/mol. The fraction of sp³-hybridized carbons (Fsp3) is 0.241. The van der Waals surface area contributed by atoms with E-state index in [0.29, 0.717) is 46.0 Å². The second-order valence-corrected chi connectivity index (χ2v) is 8.72. The number of para-hydroxylation sites is 2. The van der Waals surface area contributed by atoms with Crippen molar-refractivity contribution in [3.05, 3.63) is 83.4 Å². The summed E-state index contributed by atoms with van der Waals surface area (Å²) < 4.78 is 16.6. The minimum Gasteiger partial charge on any atom is -0.497 e. The van der Waals surface area contributed by atoms with Crippen LogP contribution in [-0.4, -0.2) is 36.8 Å². The SMILES string of the molecule is CCC(C)(O)Cc1c(OC)ccc(/C=C\C(=O)Nc2ccccc2N)c1OC(=O)c1ccc(OC)cc1. The molecule has 0 saturated heterocycles. The number of carbonyl (C=O) groups excluding carboxylic acids is 2. The summed E-state index contributed by atoms with van der Waals surface area (Å²) in [5, 5.41) is 13.6. The van der Waals surface area contributed by atoms with Crippen LogP contribution in [0.25, 0.3) is 6.08 Å². The first-order valence-corrected chi connectivity index (χ1v) is 11.8. The van der Waals surface area contributed by atoms with Crippen molar-refractivity contribution in [1.82, 2.24) is 0 Å². The Hall–Kier alpha value is -4.30. The number of hydrogen-bond donors (Lipinski definition) is 3. The van der Waals surface area contributed by atoms with Crippen molar-refractivity contribution in [3.8, 4) is 17.2 Å². The molecule has 1 unspecified atom stereocenters. The fourth-order valence-corrected chi connectivity index (χ4v) is 3.57. The quantitative estimate of drug-likeness (QED) is 0.156. The predicted molar refractivity (Wildman–Crippen MR) is 144 cm³/mol. The Morgan fingerprint density at radius 3 is 2.35 bits per heavy atom. The predicted octanol–water partition coefficient (Wildman–Crippen LogP) is 4.86. The number of nitrogens with two attached hydrogens (primary N) is 1. The van der Waals surface area contributed by atoms with Gasteiger partial charge in [-0.1, -0.05) is 19.1 Å². The Balaban J connectivity index is 2.00. The zero-order valence-corrected chi connectivity index (χ0v) is 21.4. The van der Waals surface area contributed by atoms with Gasteiger partial charge in [-0.25, -0.2) is 4.79 Å². The van der Waals surface area contributed by atoms with Gasteiger partial charge in [0.1, 0.15) is 17.2 Å². The molecule has 1 atom stereocenters. The summed E-state index contributed by atoms with van der Waals surface area (Å²) in [5.74, 6) is 0.223. The lowest BCUT2D eigenvalue weighted by atomic mass is 9.91. The second-order valence-electron chi connectivity index (χ2n) is 8.72. The zero-order chi connectivity index (χ0) is 27.0. The molecule has 0 saturated carbocycles. The molecule has 0 heterocycles. The van der Waals surface area contributed by atoms with Gasteiger partial charge in [0.2, 0.25) is 5.91 Å². The number of hydrogen-bond acceptors (Lipinski definition) is 7. The molecule has 0 aliphatic carbocycles. The van der Waals surface area contributed by atoms with Crippen molar-refractivity contribution in [2.45, 2.75) is 32.3 Å². The van der Waals surface area contributed by atoms with Gasteiger partial charge in [-0.3, -0.25) is 4.79 Å². The average Bonchev–Trinajstić information content (AvgIpc) is 2.90. The highest BCUT2D eigenvalue weighted by Gasteiger charge is 2.26. The van der Waals surface area contributed by atoms with E-state index in [9.17, 15) is 14.7 Å². The van der Waals surface area contributed by atoms with Crippen LogP contribution in [0.2, 0.25) is 0 Å². The van der Waals surface area contributed by atoms with Crippen LogP contribution >= 0.6 is 0 Å². The molecule has 3 rings (SSSR count). The molecule has 0 aromatic heterocycles. The summed E-state index contributed by atoms with van der Waals surface area (Å²) >= 11 is 0. The van der Waals surface area contributed by atoms with Gasteiger partial charge in [-0.2, -0.15) is 0 Å². The van der Waals surface area contributed by atoms with E-state index in [2.05, 4.69) is 5.32 Å². The summed E-state index contributed by atoms with van der Waals surface area (Å²) in [7, 11) is 3.04. The average molecular weight is 505 g/mol. The number of nitrogens with one attached hydrogen (secondary N) is 1. The van der Waals surface area contributed by atoms with Gasteiger partial charge in [0.05, 0.1) is 36.8 Å². The molecular formula is C29H32N2O6. The van der Waals surface area contributed by atoms with E-state index in [-0.39, 0.29) is 12.2 Å². The number of ether oxygens (including phenoxy) is 3. The van der Waals surface area contributed by atoms with Crippen LogP contribution in [0.1, 0.15) is 41.8 Å². The lowest BCUT2D eigenvalue weighted by Crippen LogP contribution is -2.27. The lowest BCUT2D eigenvalue weighted by Gasteiger charge is -2.25. The van der Waals surface area contributed by atoms with Gasteiger partial charge in [-0.15, -0.1) is 0 Å². The number of amides is 1. The Bertz CT molecular complexity index is 1280. The molecule has 3 aromatic carbocycles. The van der Waals surface area contributed by atoms with Crippen molar-refractivity contribution in [3.63, 3.8) is 0 Å². The number of anilines is 2. The smallest absolute Gasteiger partial charge is 0.343 e. The summed E-state index contributed by atoms with van der Waals surface area (Å²) in [6.45, 7) is 3.56. The molecule has 0 spiro atoms. The monoisotopic (exact) mass is 504 g/mol. The highest BCUT2D eigenvalue weighted by Crippen LogP contribution is 2.37. The Labute approximate surface area is 216 Å². The van der Waals surface area contributed by atoms with E-state index >= 15 is 0 Å². The van der Waals surface area contributed by atoms with Crippen LogP contribution in [0.15, 0.2) is 66.7 Å². The van der Waals surface area contributed by atoms with E-state index < -0.39 is 17.5 Å². The molecule has 8 heteroatoms. The van der Waals surface area contributed by atoms with Crippen molar-refractivity contribution >= 4 is 29.3 Å². The standard InChI is InChI=1S/C29H32N2O6/c1-5-29(2,34)18-22-25(36-4)16-12-19(13-17-26(32)31-24-9-7-6-8-23(24)30)27(22)37-28(33)20-10-14-21(35-3)15-11-20/h6-17,34H,5,18,30H2,1-4H3,(H,31,32)/b17-13-. The Kier molecular flexibility index (Phi) is 8.92. The first-order valence-electron chi connectivity index (χ1n) is 11.8.